The topological polar surface area (TPSA) is 109 Å². The zero-order chi connectivity index (χ0) is 17.7. The van der Waals surface area contributed by atoms with E-state index in [0.29, 0.717) is 17.9 Å². The van der Waals surface area contributed by atoms with Gasteiger partial charge in [-0.3, -0.25) is 4.79 Å². The predicted octanol–water partition coefficient (Wildman–Crippen LogP) is 1.84. The van der Waals surface area contributed by atoms with Crippen LogP contribution in [0, 0.1) is 6.92 Å². The van der Waals surface area contributed by atoms with Crippen molar-refractivity contribution in [2.24, 2.45) is 0 Å². The molecule has 0 aliphatic carbocycles. The van der Waals surface area contributed by atoms with Gasteiger partial charge in [0, 0.05) is 12.6 Å². The molecule has 0 radical (unpaired) electrons. The monoisotopic (exact) mass is 349 g/mol. The molecule has 1 atom stereocenters. The third kappa shape index (κ3) is 4.84. The number of hydrogen-bond acceptors (Lipinski definition) is 5. The Morgan fingerprint density at radius 2 is 1.92 bits per heavy atom. The quantitative estimate of drug-likeness (QED) is 0.789. The second-order valence-corrected chi connectivity index (χ2v) is 7.12. The summed E-state index contributed by atoms with van der Waals surface area (Å²) in [5, 5.41) is 8.67. The third-order valence-electron chi connectivity index (χ3n) is 3.43. The number of sulfonamides is 1. The van der Waals surface area contributed by atoms with Crippen LogP contribution >= 0.6 is 0 Å². The Kier molecular flexibility index (Phi) is 5.63. The summed E-state index contributed by atoms with van der Waals surface area (Å²) in [4.78, 5) is 18.9. The Balaban J connectivity index is 2.10. The zero-order valence-electron chi connectivity index (χ0n) is 13.4. The zero-order valence-corrected chi connectivity index (χ0v) is 14.2. The van der Waals surface area contributed by atoms with Gasteiger partial charge in [0.1, 0.15) is 5.82 Å². The summed E-state index contributed by atoms with van der Waals surface area (Å²) in [6.45, 7) is 3.45. The van der Waals surface area contributed by atoms with Gasteiger partial charge in [-0.1, -0.05) is 12.1 Å². The minimum Gasteiger partial charge on any atom is -0.481 e. The smallest absolute Gasteiger partial charge is 0.303 e. The molecule has 0 bridgehead atoms. The molecule has 1 unspecified atom stereocenters. The molecule has 0 saturated carbocycles. The molecule has 2 rings (SSSR count). The van der Waals surface area contributed by atoms with E-state index >= 15 is 0 Å². The van der Waals surface area contributed by atoms with E-state index in [2.05, 4.69) is 14.7 Å². The first-order chi connectivity index (χ1) is 11.3. The van der Waals surface area contributed by atoms with Crippen LogP contribution in [0.2, 0.25) is 0 Å². The van der Waals surface area contributed by atoms with Crippen LogP contribution in [0.25, 0.3) is 0 Å². The van der Waals surface area contributed by atoms with E-state index in [1.165, 1.54) is 12.1 Å². The molecule has 24 heavy (non-hydrogen) atoms. The molecule has 1 aromatic carbocycles. The predicted molar refractivity (Wildman–Crippen MR) is 87.9 cm³/mol. The van der Waals surface area contributed by atoms with Gasteiger partial charge in [-0.25, -0.2) is 23.1 Å². The molecule has 7 nitrogen and oxygen atoms in total. The number of nitrogens with zero attached hydrogens (tertiary/aromatic N) is 2. The first kappa shape index (κ1) is 18.0. The molecule has 0 aliphatic heterocycles. The van der Waals surface area contributed by atoms with E-state index in [9.17, 15) is 13.2 Å². The van der Waals surface area contributed by atoms with E-state index in [0.717, 1.165) is 5.56 Å². The number of hydrogen-bond donors (Lipinski definition) is 2. The third-order valence-corrected chi connectivity index (χ3v) is 4.99. The molecule has 8 heteroatoms. The SMILES string of the molecule is Cc1nccc(C(C)NS(=O)(=O)c2ccc(CCC(=O)O)cc2)n1. The van der Waals surface area contributed by atoms with Crippen molar-refractivity contribution in [3.05, 3.63) is 53.6 Å². The van der Waals surface area contributed by atoms with E-state index in [4.69, 9.17) is 5.11 Å². The summed E-state index contributed by atoms with van der Waals surface area (Å²) < 4.78 is 27.4. The second-order valence-electron chi connectivity index (χ2n) is 5.41. The summed E-state index contributed by atoms with van der Waals surface area (Å²) >= 11 is 0. The normalized spacial score (nSPS) is 12.8. The van der Waals surface area contributed by atoms with Gasteiger partial charge in [0.25, 0.3) is 0 Å². The van der Waals surface area contributed by atoms with Gasteiger partial charge < -0.3 is 5.11 Å². The summed E-state index contributed by atoms with van der Waals surface area (Å²) in [6.07, 6.45) is 1.95. The van der Waals surface area contributed by atoms with Crippen molar-refractivity contribution in [1.82, 2.24) is 14.7 Å². The molecule has 0 saturated heterocycles. The highest BCUT2D eigenvalue weighted by molar-refractivity contribution is 7.89. The lowest BCUT2D eigenvalue weighted by Gasteiger charge is -2.14. The van der Waals surface area contributed by atoms with Crippen LogP contribution in [0.5, 0.6) is 0 Å². The highest BCUT2D eigenvalue weighted by Gasteiger charge is 2.19. The van der Waals surface area contributed by atoms with Crippen molar-refractivity contribution in [3.63, 3.8) is 0 Å². The van der Waals surface area contributed by atoms with E-state index in [1.54, 1.807) is 38.2 Å². The van der Waals surface area contributed by atoms with Gasteiger partial charge in [-0.2, -0.15) is 0 Å². The molecule has 0 fully saturated rings. The van der Waals surface area contributed by atoms with Crippen molar-refractivity contribution in [2.75, 3.05) is 0 Å². The second kappa shape index (κ2) is 7.50. The lowest BCUT2D eigenvalue weighted by atomic mass is 10.1. The molecular weight excluding hydrogens is 330 g/mol. The van der Waals surface area contributed by atoms with E-state index in [1.807, 2.05) is 0 Å². The van der Waals surface area contributed by atoms with Crippen molar-refractivity contribution in [3.8, 4) is 0 Å². The number of carboxylic acid groups (broad SMARTS) is 1. The molecule has 0 amide bonds. The number of aliphatic carboxylic acids is 1. The number of aryl methyl sites for hydroxylation is 2. The van der Waals surface area contributed by atoms with E-state index in [-0.39, 0.29) is 11.3 Å². The Morgan fingerprint density at radius 3 is 2.50 bits per heavy atom. The number of benzene rings is 1. The maximum atomic E-state index is 12.4. The van der Waals surface area contributed by atoms with Gasteiger partial charge >= 0.3 is 5.97 Å². The summed E-state index contributed by atoms with van der Waals surface area (Å²) in [6, 6.07) is 7.35. The van der Waals surface area contributed by atoms with Crippen LogP contribution < -0.4 is 4.72 Å². The Hall–Kier alpha value is -2.32. The van der Waals surface area contributed by atoms with Gasteiger partial charge in [-0.15, -0.1) is 0 Å². The van der Waals surface area contributed by atoms with Crippen LogP contribution in [-0.4, -0.2) is 29.5 Å². The molecule has 2 N–H and O–H groups in total. The van der Waals surface area contributed by atoms with Crippen molar-refractivity contribution in [1.29, 1.82) is 0 Å². The number of aromatic nitrogens is 2. The molecule has 1 heterocycles. The van der Waals surface area contributed by atoms with Crippen molar-refractivity contribution >= 4 is 16.0 Å². The average molecular weight is 349 g/mol. The fourth-order valence-electron chi connectivity index (χ4n) is 2.16. The Morgan fingerprint density at radius 1 is 1.25 bits per heavy atom. The maximum Gasteiger partial charge on any atom is 0.303 e. The lowest BCUT2D eigenvalue weighted by Crippen LogP contribution is -2.27. The standard InChI is InChI=1S/C16H19N3O4S/c1-11(15-9-10-17-12(2)18-15)19-24(22,23)14-6-3-13(4-7-14)5-8-16(20)21/h3-4,6-7,9-11,19H,5,8H2,1-2H3,(H,20,21). The lowest BCUT2D eigenvalue weighted by molar-refractivity contribution is -0.136. The number of rotatable bonds is 7. The molecule has 0 aliphatic rings. The molecule has 1 aromatic heterocycles. The van der Waals surface area contributed by atoms with Crippen molar-refractivity contribution in [2.45, 2.75) is 37.6 Å². The van der Waals surface area contributed by atoms with E-state index < -0.39 is 22.0 Å². The largest absolute Gasteiger partial charge is 0.481 e. The van der Waals surface area contributed by atoms with Crippen LogP contribution in [0.15, 0.2) is 41.4 Å². The molecular formula is C16H19N3O4S. The van der Waals surface area contributed by atoms with Gasteiger partial charge in [0.2, 0.25) is 10.0 Å². The fraction of sp³-hybridized carbons (Fsp3) is 0.312. The highest BCUT2D eigenvalue weighted by Crippen LogP contribution is 2.16. The summed E-state index contributed by atoms with van der Waals surface area (Å²) in [5.41, 5.74) is 1.36. The van der Waals surface area contributed by atoms with Gasteiger partial charge in [-0.05, 0) is 44.0 Å². The van der Waals surface area contributed by atoms with Crippen LogP contribution in [0.1, 0.15) is 36.5 Å². The van der Waals surface area contributed by atoms with Crippen molar-refractivity contribution < 1.29 is 18.3 Å². The summed E-state index contributed by atoms with van der Waals surface area (Å²) in [5.74, 6) is -0.316. The fourth-order valence-corrected chi connectivity index (χ4v) is 3.38. The maximum absolute atomic E-state index is 12.4. The Bertz CT molecular complexity index is 819. The first-order valence-corrected chi connectivity index (χ1v) is 8.89. The van der Waals surface area contributed by atoms with Gasteiger partial charge in [0.05, 0.1) is 16.6 Å². The number of carbonyl (C=O) groups is 1. The molecule has 2 aromatic rings. The Labute approximate surface area is 140 Å². The first-order valence-electron chi connectivity index (χ1n) is 7.40. The van der Waals surface area contributed by atoms with Crippen LogP contribution in [0.3, 0.4) is 0 Å². The van der Waals surface area contributed by atoms with Crippen LogP contribution in [-0.2, 0) is 21.2 Å². The minimum atomic E-state index is -3.70. The average Bonchev–Trinajstić information content (AvgIpc) is 2.53. The van der Waals surface area contributed by atoms with Gasteiger partial charge in [0.15, 0.2) is 0 Å². The number of carboxylic acids is 1. The number of nitrogens with one attached hydrogen (secondary N) is 1. The van der Waals surface area contributed by atoms with Crippen LogP contribution in [0.4, 0.5) is 0 Å². The molecule has 0 spiro atoms. The highest BCUT2D eigenvalue weighted by atomic mass is 32.2. The minimum absolute atomic E-state index is 0.00838. The molecule has 128 valence electrons. The summed E-state index contributed by atoms with van der Waals surface area (Å²) in [7, 11) is -3.70.